The van der Waals surface area contributed by atoms with Crippen LogP contribution in [0.1, 0.15) is 65.7 Å². The van der Waals surface area contributed by atoms with E-state index in [1.54, 1.807) is 0 Å². The summed E-state index contributed by atoms with van der Waals surface area (Å²) in [5.74, 6) is 0.838. The second-order valence-electron chi connectivity index (χ2n) is 7.29. The maximum atomic E-state index is 9.72. The molecule has 100 valence electrons. The predicted molar refractivity (Wildman–Crippen MR) is 72.0 cm³/mol. The number of hydrogen-bond acceptors (Lipinski definition) is 2. The average Bonchev–Trinajstić information content (AvgIpc) is 2.13. The van der Waals surface area contributed by atoms with Crippen LogP contribution < -0.4 is 5.32 Å². The fourth-order valence-electron chi connectivity index (χ4n) is 4.12. The standard InChI is InChI=1S/C15H29NO/c1-11-7-13(10-15(2,3)9-11)16-12-5-4-6-14(17)8-12/h11-14,16-17H,4-10H2,1-3H3. The highest BCUT2D eigenvalue weighted by Crippen LogP contribution is 2.39. The SMILES string of the molecule is CC1CC(NC2CCCC(O)C2)CC(C)(C)C1. The Bertz CT molecular complexity index is 251. The van der Waals surface area contributed by atoms with Crippen LogP contribution in [0.5, 0.6) is 0 Å². The molecule has 0 saturated heterocycles. The van der Waals surface area contributed by atoms with E-state index >= 15 is 0 Å². The lowest BCUT2D eigenvalue weighted by atomic mass is 9.70. The van der Waals surface area contributed by atoms with Crippen LogP contribution in [0.3, 0.4) is 0 Å². The van der Waals surface area contributed by atoms with E-state index in [4.69, 9.17) is 0 Å². The molecule has 17 heavy (non-hydrogen) atoms. The Labute approximate surface area is 106 Å². The number of nitrogens with one attached hydrogen (secondary N) is 1. The second-order valence-corrected chi connectivity index (χ2v) is 7.29. The zero-order valence-electron chi connectivity index (χ0n) is 11.7. The van der Waals surface area contributed by atoms with Crippen molar-refractivity contribution in [1.29, 1.82) is 0 Å². The van der Waals surface area contributed by atoms with Crippen molar-refractivity contribution >= 4 is 0 Å². The molecule has 2 heteroatoms. The van der Waals surface area contributed by atoms with E-state index in [2.05, 4.69) is 26.1 Å². The number of hydrogen-bond donors (Lipinski definition) is 2. The molecule has 0 radical (unpaired) electrons. The Balaban J connectivity index is 1.85. The molecular weight excluding hydrogens is 210 g/mol. The summed E-state index contributed by atoms with van der Waals surface area (Å²) in [5.41, 5.74) is 0.489. The van der Waals surface area contributed by atoms with Gasteiger partial charge in [-0.2, -0.15) is 0 Å². The van der Waals surface area contributed by atoms with Crippen LogP contribution in [0.25, 0.3) is 0 Å². The Hall–Kier alpha value is -0.0800. The molecular formula is C15H29NO. The lowest BCUT2D eigenvalue weighted by molar-refractivity contribution is 0.0923. The van der Waals surface area contributed by atoms with Gasteiger partial charge in [0.15, 0.2) is 0 Å². The van der Waals surface area contributed by atoms with Gasteiger partial charge in [-0.05, 0) is 56.3 Å². The van der Waals surface area contributed by atoms with Gasteiger partial charge in [-0.1, -0.05) is 20.8 Å². The minimum Gasteiger partial charge on any atom is -0.393 e. The van der Waals surface area contributed by atoms with Crippen molar-refractivity contribution in [3.63, 3.8) is 0 Å². The molecule has 0 aromatic rings. The first kappa shape index (κ1) is 13.4. The topological polar surface area (TPSA) is 32.3 Å². The van der Waals surface area contributed by atoms with Crippen LogP contribution in [-0.2, 0) is 0 Å². The van der Waals surface area contributed by atoms with Gasteiger partial charge in [0.05, 0.1) is 6.10 Å². The van der Waals surface area contributed by atoms with Crippen LogP contribution in [0.2, 0.25) is 0 Å². The van der Waals surface area contributed by atoms with E-state index in [9.17, 15) is 5.11 Å². The third kappa shape index (κ3) is 3.96. The Morgan fingerprint density at radius 3 is 2.47 bits per heavy atom. The summed E-state index contributed by atoms with van der Waals surface area (Å²) in [6, 6.07) is 1.23. The summed E-state index contributed by atoms with van der Waals surface area (Å²) < 4.78 is 0. The summed E-state index contributed by atoms with van der Waals surface area (Å²) in [5, 5.41) is 13.5. The van der Waals surface area contributed by atoms with Crippen molar-refractivity contribution < 1.29 is 5.11 Å². The number of rotatable bonds is 2. The highest BCUT2D eigenvalue weighted by atomic mass is 16.3. The molecule has 2 N–H and O–H groups in total. The fraction of sp³-hybridized carbons (Fsp3) is 1.00. The first-order chi connectivity index (χ1) is 7.94. The van der Waals surface area contributed by atoms with Gasteiger partial charge in [0.25, 0.3) is 0 Å². The summed E-state index contributed by atoms with van der Waals surface area (Å²) in [6.07, 6.45) is 8.32. The maximum absolute atomic E-state index is 9.72. The van der Waals surface area contributed by atoms with E-state index in [0.29, 0.717) is 17.5 Å². The van der Waals surface area contributed by atoms with Crippen molar-refractivity contribution in [3.8, 4) is 0 Å². The van der Waals surface area contributed by atoms with Crippen LogP contribution in [0.4, 0.5) is 0 Å². The average molecular weight is 239 g/mol. The summed E-state index contributed by atoms with van der Waals surface area (Å²) in [7, 11) is 0. The van der Waals surface area contributed by atoms with Gasteiger partial charge in [-0.15, -0.1) is 0 Å². The first-order valence-electron chi connectivity index (χ1n) is 7.39. The molecule has 0 aromatic carbocycles. The molecule has 2 rings (SSSR count). The van der Waals surface area contributed by atoms with Crippen LogP contribution in [0.15, 0.2) is 0 Å². The molecule has 2 aliphatic rings. The van der Waals surface area contributed by atoms with Crippen molar-refractivity contribution in [2.24, 2.45) is 11.3 Å². The quantitative estimate of drug-likeness (QED) is 0.776. The molecule has 2 aliphatic carbocycles. The molecule has 4 unspecified atom stereocenters. The summed E-state index contributed by atoms with van der Waals surface area (Å²) >= 11 is 0. The van der Waals surface area contributed by atoms with Crippen molar-refractivity contribution in [3.05, 3.63) is 0 Å². The molecule has 0 aliphatic heterocycles. The van der Waals surface area contributed by atoms with Gasteiger partial charge in [0.2, 0.25) is 0 Å². The number of aliphatic hydroxyl groups is 1. The Morgan fingerprint density at radius 2 is 1.82 bits per heavy atom. The fourth-order valence-corrected chi connectivity index (χ4v) is 4.12. The van der Waals surface area contributed by atoms with E-state index < -0.39 is 0 Å². The highest BCUT2D eigenvalue weighted by molar-refractivity contribution is 4.89. The monoisotopic (exact) mass is 239 g/mol. The molecule has 0 aromatic heterocycles. The van der Waals surface area contributed by atoms with Gasteiger partial charge >= 0.3 is 0 Å². The third-order valence-corrected chi connectivity index (χ3v) is 4.50. The van der Waals surface area contributed by atoms with E-state index in [1.807, 2.05) is 0 Å². The third-order valence-electron chi connectivity index (χ3n) is 4.50. The van der Waals surface area contributed by atoms with Crippen LogP contribution >= 0.6 is 0 Å². The zero-order valence-corrected chi connectivity index (χ0v) is 11.7. The normalized spacial score (nSPS) is 42.4. The van der Waals surface area contributed by atoms with E-state index in [0.717, 1.165) is 18.8 Å². The Kier molecular flexibility index (Phi) is 4.14. The molecule has 0 amide bonds. The van der Waals surface area contributed by atoms with Crippen molar-refractivity contribution in [2.75, 3.05) is 0 Å². The summed E-state index contributed by atoms with van der Waals surface area (Å²) in [6.45, 7) is 7.17. The minimum absolute atomic E-state index is 0.0599. The van der Waals surface area contributed by atoms with Crippen molar-refractivity contribution in [2.45, 2.75) is 83.9 Å². The first-order valence-corrected chi connectivity index (χ1v) is 7.39. The number of aliphatic hydroxyl groups excluding tert-OH is 1. The van der Waals surface area contributed by atoms with E-state index in [1.165, 1.54) is 32.1 Å². The lowest BCUT2D eigenvalue weighted by Gasteiger charge is -2.41. The van der Waals surface area contributed by atoms with Gasteiger partial charge in [-0.3, -0.25) is 0 Å². The molecule has 0 spiro atoms. The van der Waals surface area contributed by atoms with Gasteiger partial charge in [-0.25, -0.2) is 0 Å². The molecule has 2 fully saturated rings. The van der Waals surface area contributed by atoms with Gasteiger partial charge in [0.1, 0.15) is 0 Å². The minimum atomic E-state index is -0.0599. The lowest BCUT2D eigenvalue weighted by Crippen LogP contribution is -2.47. The van der Waals surface area contributed by atoms with Gasteiger partial charge < -0.3 is 10.4 Å². The van der Waals surface area contributed by atoms with E-state index in [-0.39, 0.29) is 6.10 Å². The molecule has 0 bridgehead atoms. The molecule has 2 nitrogen and oxygen atoms in total. The summed E-state index contributed by atoms with van der Waals surface area (Å²) in [4.78, 5) is 0. The molecule has 2 saturated carbocycles. The van der Waals surface area contributed by atoms with Crippen molar-refractivity contribution in [1.82, 2.24) is 5.32 Å². The Morgan fingerprint density at radius 1 is 1.06 bits per heavy atom. The zero-order chi connectivity index (χ0) is 12.5. The van der Waals surface area contributed by atoms with Crippen LogP contribution in [0, 0.1) is 11.3 Å². The van der Waals surface area contributed by atoms with Crippen LogP contribution in [-0.4, -0.2) is 23.3 Å². The van der Waals surface area contributed by atoms with Gasteiger partial charge in [0, 0.05) is 12.1 Å². The predicted octanol–water partition coefficient (Wildman–Crippen LogP) is 3.09. The smallest absolute Gasteiger partial charge is 0.0555 e. The molecule has 0 heterocycles. The second kappa shape index (κ2) is 5.27. The highest BCUT2D eigenvalue weighted by Gasteiger charge is 2.33. The largest absolute Gasteiger partial charge is 0.393 e. The molecule has 4 atom stereocenters. The maximum Gasteiger partial charge on any atom is 0.0555 e.